The number of thiazole rings is 1. The van der Waals surface area contributed by atoms with Gasteiger partial charge in [0.15, 0.2) is 0 Å². The van der Waals surface area contributed by atoms with E-state index in [0.717, 1.165) is 17.4 Å². The van der Waals surface area contributed by atoms with E-state index in [2.05, 4.69) is 4.98 Å². The quantitative estimate of drug-likeness (QED) is 0.703. The van der Waals surface area contributed by atoms with Crippen molar-refractivity contribution in [2.24, 2.45) is 0 Å². The molecule has 0 N–H and O–H groups in total. The summed E-state index contributed by atoms with van der Waals surface area (Å²) >= 11 is 0.956. The highest BCUT2D eigenvalue weighted by molar-refractivity contribution is 7.92. The van der Waals surface area contributed by atoms with Crippen LogP contribution in [0.25, 0.3) is 10.2 Å². The van der Waals surface area contributed by atoms with Crippen molar-refractivity contribution in [3.05, 3.63) is 59.7 Å². The molecule has 3 rings (SSSR count). The van der Waals surface area contributed by atoms with E-state index in [1.165, 1.54) is 18.2 Å². The maximum absolute atomic E-state index is 13.0. The Morgan fingerprint density at radius 1 is 1.00 bits per heavy atom. The summed E-state index contributed by atoms with van der Waals surface area (Å²) in [7, 11) is -3.95. The Hall–Kier alpha value is -1.93. The van der Waals surface area contributed by atoms with Gasteiger partial charge < -0.3 is 0 Å². The highest BCUT2D eigenvalue weighted by atomic mass is 32.2. The van der Waals surface area contributed by atoms with Gasteiger partial charge >= 0.3 is 6.18 Å². The molecular formula is C15H10F3NO2S2. The van der Waals surface area contributed by atoms with Gasteiger partial charge in [-0.15, -0.1) is 11.3 Å². The van der Waals surface area contributed by atoms with E-state index >= 15 is 0 Å². The average Bonchev–Trinajstić information content (AvgIpc) is 2.91. The van der Waals surface area contributed by atoms with Crippen LogP contribution in [0, 0.1) is 0 Å². The normalized spacial score (nSPS) is 12.7. The minimum Gasteiger partial charge on any atom is -0.225 e. The van der Waals surface area contributed by atoms with Crippen molar-refractivity contribution < 1.29 is 21.6 Å². The first-order valence-corrected chi connectivity index (χ1v) is 8.98. The van der Waals surface area contributed by atoms with Crippen LogP contribution in [0.4, 0.5) is 13.2 Å². The molecule has 120 valence electrons. The lowest BCUT2D eigenvalue weighted by molar-refractivity contribution is -0.138. The third kappa shape index (κ3) is 3.23. The number of hydrogen-bond acceptors (Lipinski definition) is 4. The van der Waals surface area contributed by atoms with Gasteiger partial charge in [0.05, 0.1) is 21.5 Å². The highest BCUT2D eigenvalue weighted by Crippen LogP contribution is 2.34. The number of hydrogen-bond donors (Lipinski definition) is 0. The van der Waals surface area contributed by atoms with Crippen LogP contribution in [0.1, 0.15) is 11.1 Å². The Balaban J connectivity index is 2.02. The fourth-order valence-electron chi connectivity index (χ4n) is 2.17. The molecule has 0 atom stereocenters. The third-order valence-electron chi connectivity index (χ3n) is 3.21. The fourth-order valence-corrected chi connectivity index (χ4v) is 4.85. The van der Waals surface area contributed by atoms with Crippen molar-refractivity contribution in [3.63, 3.8) is 0 Å². The molecular weight excluding hydrogens is 347 g/mol. The van der Waals surface area contributed by atoms with E-state index < -0.39 is 27.3 Å². The van der Waals surface area contributed by atoms with Crippen molar-refractivity contribution >= 4 is 31.4 Å². The number of alkyl halides is 3. The zero-order valence-electron chi connectivity index (χ0n) is 11.5. The molecule has 23 heavy (non-hydrogen) atoms. The molecule has 0 unspecified atom stereocenters. The van der Waals surface area contributed by atoms with Crippen LogP contribution in [0.5, 0.6) is 0 Å². The Labute approximate surface area is 134 Å². The molecule has 1 aromatic heterocycles. The topological polar surface area (TPSA) is 47.0 Å². The van der Waals surface area contributed by atoms with E-state index in [-0.39, 0.29) is 9.90 Å². The summed E-state index contributed by atoms with van der Waals surface area (Å²) < 4.78 is 64.3. The standard InChI is InChI=1S/C15H10F3NO2S2/c16-15(17,18)11-6-2-1-5-10(11)9-23(20,21)14-19-12-7-3-4-8-13(12)22-14/h1-8H,9H2. The van der Waals surface area contributed by atoms with Gasteiger partial charge in [-0.3, -0.25) is 0 Å². The first-order chi connectivity index (χ1) is 10.8. The molecule has 0 radical (unpaired) electrons. The Kier molecular flexibility index (Phi) is 3.89. The predicted molar refractivity (Wildman–Crippen MR) is 82.0 cm³/mol. The number of halogens is 3. The SMILES string of the molecule is O=S(=O)(Cc1ccccc1C(F)(F)F)c1nc2ccccc2s1. The third-order valence-corrected chi connectivity index (χ3v) is 6.37. The first kappa shape index (κ1) is 15.9. The summed E-state index contributed by atoms with van der Waals surface area (Å²) in [5.41, 5.74) is -0.705. The van der Waals surface area contributed by atoms with E-state index in [0.29, 0.717) is 10.2 Å². The van der Waals surface area contributed by atoms with Crippen LogP contribution in [-0.2, 0) is 21.8 Å². The van der Waals surface area contributed by atoms with Crippen molar-refractivity contribution in [2.75, 3.05) is 0 Å². The number of aromatic nitrogens is 1. The largest absolute Gasteiger partial charge is 0.416 e. The van der Waals surface area contributed by atoms with Gasteiger partial charge in [-0.05, 0) is 23.8 Å². The zero-order chi connectivity index (χ0) is 16.7. The average molecular weight is 357 g/mol. The van der Waals surface area contributed by atoms with Crippen molar-refractivity contribution in [1.29, 1.82) is 0 Å². The van der Waals surface area contributed by atoms with Crippen molar-refractivity contribution in [2.45, 2.75) is 16.3 Å². The second-order valence-corrected chi connectivity index (χ2v) is 8.06. The van der Waals surface area contributed by atoms with Crippen molar-refractivity contribution in [1.82, 2.24) is 4.98 Å². The zero-order valence-corrected chi connectivity index (χ0v) is 13.2. The molecule has 8 heteroatoms. The summed E-state index contributed by atoms with van der Waals surface area (Å²) in [6.45, 7) is 0. The summed E-state index contributed by atoms with van der Waals surface area (Å²) in [6, 6.07) is 11.5. The molecule has 0 amide bonds. The molecule has 2 aromatic carbocycles. The summed E-state index contributed by atoms with van der Waals surface area (Å²) in [5, 5.41) is 0. The molecule has 0 fully saturated rings. The molecule has 0 bridgehead atoms. The Bertz CT molecular complexity index is 929. The van der Waals surface area contributed by atoms with Gasteiger partial charge in [0.2, 0.25) is 14.2 Å². The number of rotatable bonds is 3. The molecule has 0 aliphatic heterocycles. The van der Waals surface area contributed by atoms with Crippen LogP contribution >= 0.6 is 11.3 Å². The van der Waals surface area contributed by atoms with Crippen LogP contribution in [-0.4, -0.2) is 13.4 Å². The highest BCUT2D eigenvalue weighted by Gasteiger charge is 2.34. The lowest BCUT2D eigenvalue weighted by Gasteiger charge is -2.12. The maximum Gasteiger partial charge on any atom is 0.416 e. The summed E-state index contributed by atoms with van der Waals surface area (Å²) in [5.74, 6) is -0.734. The molecule has 0 aliphatic carbocycles. The minimum absolute atomic E-state index is 0.171. The number of para-hydroxylation sites is 1. The van der Waals surface area contributed by atoms with Gasteiger partial charge in [0.25, 0.3) is 0 Å². The van der Waals surface area contributed by atoms with E-state index in [9.17, 15) is 21.6 Å². The van der Waals surface area contributed by atoms with Gasteiger partial charge in [0, 0.05) is 0 Å². The van der Waals surface area contributed by atoms with Crippen LogP contribution in [0.2, 0.25) is 0 Å². The van der Waals surface area contributed by atoms with Crippen LogP contribution in [0.3, 0.4) is 0 Å². The molecule has 3 nitrogen and oxygen atoms in total. The second-order valence-electron chi connectivity index (χ2n) is 4.86. The van der Waals surface area contributed by atoms with E-state index in [1.54, 1.807) is 24.3 Å². The summed E-state index contributed by atoms with van der Waals surface area (Å²) in [4.78, 5) is 4.02. The molecule has 3 aromatic rings. The number of benzene rings is 2. The molecule has 0 saturated heterocycles. The van der Waals surface area contributed by atoms with Crippen LogP contribution in [0.15, 0.2) is 52.9 Å². The predicted octanol–water partition coefficient (Wildman–Crippen LogP) is 4.29. The van der Waals surface area contributed by atoms with Gasteiger partial charge in [-0.25, -0.2) is 13.4 Å². The van der Waals surface area contributed by atoms with E-state index in [1.807, 2.05) is 0 Å². The second kappa shape index (κ2) is 5.61. The lowest BCUT2D eigenvalue weighted by atomic mass is 10.1. The number of nitrogens with zero attached hydrogens (tertiary/aromatic N) is 1. The van der Waals surface area contributed by atoms with Crippen molar-refractivity contribution in [3.8, 4) is 0 Å². The molecule has 1 heterocycles. The Morgan fingerprint density at radius 2 is 1.65 bits per heavy atom. The minimum atomic E-state index is -4.60. The smallest absolute Gasteiger partial charge is 0.225 e. The number of sulfone groups is 1. The maximum atomic E-state index is 13.0. The Morgan fingerprint density at radius 3 is 2.35 bits per heavy atom. The van der Waals surface area contributed by atoms with Gasteiger partial charge in [0.1, 0.15) is 0 Å². The molecule has 0 saturated carbocycles. The van der Waals surface area contributed by atoms with E-state index in [4.69, 9.17) is 0 Å². The molecule has 0 aliphatic rings. The number of fused-ring (bicyclic) bond motifs is 1. The van der Waals surface area contributed by atoms with Gasteiger partial charge in [-0.1, -0.05) is 30.3 Å². The van der Waals surface area contributed by atoms with Crippen LogP contribution < -0.4 is 0 Å². The summed E-state index contributed by atoms with van der Waals surface area (Å²) in [6.07, 6.45) is -4.60. The lowest BCUT2D eigenvalue weighted by Crippen LogP contribution is -2.13. The fraction of sp³-hybridized carbons (Fsp3) is 0.133. The van der Waals surface area contributed by atoms with Gasteiger partial charge in [-0.2, -0.15) is 13.2 Å². The first-order valence-electron chi connectivity index (χ1n) is 6.51. The monoisotopic (exact) mass is 357 g/mol. The molecule has 0 spiro atoms.